The minimum Gasteiger partial charge on any atom is -0.299 e. The summed E-state index contributed by atoms with van der Waals surface area (Å²) in [5, 5.41) is 0. The van der Waals surface area contributed by atoms with Gasteiger partial charge in [-0.15, -0.1) is 0 Å². The maximum absolute atomic E-state index is 11.4. The monoisotopic (exact) mass is 166 g/mol. The molecule has 3 atom stereocenters. The van der Waals surface area contributed by atoms with Gasteiger partial charge >= 0.3 is 0 Å². The molecule has 0 saturated heterocycles. The van der Waals surface area contributed by atoms with Gasteiger partial charge in [-0.05, 0) is 24.7 Å². The summed E-state index contributed by atoms with van der Waals surface area (Å²) in [6.07, 6.45) is 7.56. The van der Waals surface area contributed by atoms with Crippen LogP contribution in [-0.2, 0) is 4.79 Å². The van der Waals surface area contributed by atoms with Gasteiger partial charge in [-0.1, -0.05) is 26.2 Å². The van der Waals surface area contributed by atoms with Crippen molar-refractivity contribution in [1.29, 1.82) is 0 Å². The first-order valence-corrected chi connectivity index (χ1v) is 5.30. The Kier molecular flexibility index (Phi) is 2.20. The van der Waals surface area contributed by atoms with Crippen molar-refractivity contribution in [3.05, 3.63) is 0 Å². The standard InChI is InChI=1S/C11H18O/c1-8-6-9-4-2-3-5-10(9)7-11(8)12/h8-10H,2-7H2,1H3/t8-,9-,10-/m1/s1. The molecule has 0 unspecified atom stereocenters. The average Bonchev–Trinajstić information content (AvgIpc) is 2.07. The Morgan fingerprint density at radius 3 is 2.58 bits per heavy atom. The quantitative estimate of drug-likeness (QED) is 0.541. The van der Waals surface area contributed by atoms with Crippen LogP contribution in [-0.4, -0.2) is 5.78 Å². The molecule has 0 aliphatic heterocycles. The smallest absolute Gasteiger partial charge is 0.135 e. The molecule has 0 spiro atoms. The lowest BCUT2D eigenvalue weighted by atomic mass is 9.67. The van der Waals surface area contributed by atoms with Crippen LogP contribution in [0.3, 0.4) is 0 Å². The van der Waals surface area contributed by atoms with Gasteiger partial charge in [0.25, 0.3) is 0 Å². The van der Waals surface area contributed by atoms with Crippen LogP contribution in [0.1, 0.15) is 45.4 Å². The molecule has 0 heterocycles. The molecule has 0 bridgehead atoms. The maximum atomic E-state index is 11.4. The third-order valence-electron chi connectivity index (χ3n) is 3.74. The highest BCUT2D eigenvalue weighted by Crippen LogP contribution is 2.40. The molecule has 68 valence electrons. The summed E-state index contributed by atoms with van der Waals surface area (Å²) in [7, 11) is 0. The maximum Gasteiger partial charge on any atom is 0.135 e. The third-order valence-corrected chi connectivity index (χ3v) is 3.74. The third kappa shape index (κ3) is 1.41. The van der Waals surface area contributed by atoms with Crippen molar-refractivity contribution in [2.75, 3.05) is 0 Å². The Labute approximate surface area is 74.5 Å². The van der Waals surface area contributed by atoms with Crippen LogP contribution in [0.25, 0.3) is 0 Å². The van der Waals surface area contributed by atoms with Gasteiger partial charge in [-0.3, -0.25) is 4.79 Å². The van der Waals surface area contributed by atoms with Crippen molar-refractivity contribution in [2.45, 2.75) is 45.4 Å². The van der Waals surface area contributed by atoms with E-state index in [4.69, 9.17) is 0 Å². The number of carbonyl (C=O) groups is 1. The summed E-state index contributed by atoms with van der Waals surface area (Å²) in [4.78, 5) is 11.4. The highest BCUT2D eigenvalue weighted by atomic mass is 16.1. The number of hydrogen-bond donors (Lipinski definition) is 0. The van der Waals surface area contributed by atoms with E-state index in [-0.39, 0.29) is 0 Å². The molecular formula is C11H18O. The first kappa shape index (κ1) is 8.28. The first-order chi connectivity index (χ1) is 5.77. The van der Waals surface area contributed by atoms with Crippen molar-refractivity contribution in [2.24, 2.45) is 17.8 Å². The van der Waals surface area contributed by atoms with Gasteiger partial charge in [-0.25, -0.2) is 0 Å². The molecule has 0 aromatic rings. The lowest BCUT2D eigenvalue weighted by molar-refractivity contribution is -0.127. The largest absolute Gasteiger partial charge is 0.299 e. The van der Waals surface area contributed by atoms with E-state index >= 15 is 0 Å². The minimum atomic E-state index is 0.365. The van der Waals surface area contributed by atoms with E-state index in [9.17, 15) is 4.79 Å². The van der Waals surface area contributed by atoms with Crippen LogP contribution in [0.5, 0.6) is 0 Å². The molecule has 1 heteroatoms. The average molecular weight is 166 g/mol. The Morgan fingerprint density at radius 1 is 1.17 bits per heavy atom. The second-order valence-electron chi connectivity index (χ2n) is 4.61. The summed E-state index contributed by atoms with van der Waals surface area (Å²) in [5.74, 6) is 2.55. The predicted octanol–water partition coefficient (Wildman–Crippen LogP) is 2.79. The van der Waals surface area contributed by atoms with Crippen LogP contribution in [0, 0.1) is 17.8 Å². The number of hydrogen-bond acceptors (Lipinski definition) is 1. The Bertz CT molecular complexity index is 185. The minimum absolute atomic E-state index is 0.365. The van der Waals surface area contributed by atoms with Crippen molar-refractivity contribution in [1.82, 2.24) is 0 Å². The SMILES string of the molecule is C[C@@H]1C[C@H]2CCCC[C@@H]2CC1=O. The van der Waals surface area contributed by atoms with Crippen molar-refractivity contribution in [3.8, 4) is 0 Å². The molecule has 2 saturated carbocycles. The summed E-state index contributed by atoms with van der Waals surface area (Å²) in [5.41, 5.74) is 0. The Morgan fingerprint density at radius 2 is 1.83 bits per heavy atom. The summed E-state index contributed by atoms with van der Waals surface area (Å²) in [6, 6.07) is 0. The fourth-order valence-electron chi connectivity index (χ4n) is 2.91. The summed E-state index contributed by atoms with van der Waals surface area (Å²) in [6.45, 7) is 2.10. The fourth-order valence-corrected chi connectivity index (χ4v) is 2.91. The zero-order chi connectivity index (χ0) is 8.55. The Balaban J connectivity index is 2.02. The normalized spacial score (nSPS) is 42.4. The van der Waals surface area contributed by atoms with Gasteiger partial charge in [0.2, 0.25) is 0 Å². The lowest BCUT2D eigenvalue weighted by Gasteiger charge is -2.37. The van der Waals surface area contributed by atoms with Crippen LogP contribution < -0.4 is 0 Å². The molecule has 0 N–H and O–H groups in total. The van der Waals surface area contributed by atoms with E-state index in [1.165, 1.54) is 32.1 Å². The van der Waals surface area contributed by atoms with Crippen LogP contribution >= 0.6 is 0 Å². The van der Waals surface area contributed by atoms with E-state index < -0.39 is 0 Å². The zero-order valence-corrected chi connectivity index (χ0v) is 7.88. The molecule has 2 aliphatic carbocycles. The van der Waals surface area contributed by atoms with E-state index in [1.807, 2.05) is 0 Å². The summed E-state index contributed by atoms with van der Waals surface area (Å²) < 4.78 is 0. The second kappa shape index (κ2) is 3.20. The summed E-state index contributed by atoms with van der Waals surface area (Å²) >= 11 is 0. The number of fused-ring (bicyclic) bond motifs is 1. The molecule has 0 amide bonds. The van der Waals surface area contributed by atoms with Crippen LogP contribution in [0.15, 0.2) is 0 Å². The van der Waals surface area contributed by atoms with Crippen LogP contribution in [0.2, 0.25) is 0 Å². The second-order valence-corrected chi connectivity index (χ2v) is 4.61. The molecule has 0 aromatic carbocycles. The van der Waals surface area contributed by atoms with Crippen LogP contribution in [0.4, 0.5) is 0 Å². The van der Waals surface area contributed by atoms with E-state index in [0.717, 1.165) is 18.3 Å². The highest BCUT2D eigenvalue weighted by molar-refractivity contribution is 5.81. The molecule has 2 fully saturated rings. The van der Waals surface area contributed by atoms with Gasteiger partial charge in [0.05, 0.1) is 0 Å². The van der Waals surface area contributed by atoms with Crippen molar-refractivity contribution < 1.29 is 4.79 Å². The molecule has 2 aliphatic rings. The number of ketones is 1. The van der Waals surface area contributed by atoms with Crippen molar-refractivity contribution in [3.63, 3.8) is 0 Å². The molecule has 0 radical (unpaired) electrons. The molecule has 0 aromatic heterocycles. The zero-order valence-electron chi connectivity index (χ0n) is 7.88. The van der Waals surface area contributed by atoms with Gasteiger partial charge < -0.3 is 0 Å². The first-order valence-electron chi connectivity index (χ1n) is 5.30. The molecule has 1 nitrogen and oxygen atoms in total. The van der Waals surface area contributed by atoms with Gasteiger partial charge in [0.15, 0.2) is 0 Å². The topological polar surface area (TPSA) is 17.1 Å². The number of Topliss-reactive ketones (excluding diaryl/α,β-unsaturated/α-hetero) is 1. The van der Waals surface area contributed by atoms with E-state index in [2.05, 4.69) is 6.92 Å². The lowest BCUT2D eigenvalue weighted by Crippen LogP contribution is -2.32. The van der Waals surface area contributed by atoms with E-state index in [1.54, 1.807) is 0 Å². The van der Waals surface area contributed by atoms with Gasteiger partial charge in [-0.2, -0.15) is 0 Å². The number of carbonyl (C=O) groups excluding carboxylic acids is 1. The van der Waals surface area contributed by atoms with Crippen molar-refractivity contribution >= 4 is 5.78 Å². The Hall–Kier alpha value is -0.330. The fraction of sp³-hybridized carbons (Fsp3) is 0.909. The number of rotatable bonds is 0. The molecule has 2 rings (SSSR count). The van der Waals surface area contributed by atoms with Gasteiger partial charge in [0, 0.05) is 12.3 Å². The van der Waals surface area contributed by atoms with E-state index in [0.29, 0.717) is 11.7 Å². The highest BCUT2D eigenvalue weighted by Gasteiger charge is 2.34. The van der Waals surface area contributed by atoms with Gasteiger partial charge in [0.1, 0.15) is 5.78 Å². The predicted molar refractivity (Wildman–Crippen MR) is 48.9 cm³/mol. The molecular weight excluding hydrogens is 148 g/mol. The molecule has 12 heavy (non-hydrogen) atoms.